The second-order valence-electron chi connectivity index (χ2n) is 7.89. The average molecular weight is 459 g/mol. The van der Waals surface area contributed by atoms with Crippen LogP contribution in [0, 0.1) is 6.92 Å². The van der Waals surface area contributed by atoms with Crippen molar-refractivity contribution in [2.75, 3.05) is 36.4 Å². The van der Waals surface area contributed by atoms with Crippen molar-refractivity contribution in [3.8, 4) is 0 Å². The molecule has 4 rings (SSSR count). The molecule has 0 spiro atoms. The molecule has 0 aromatic heterocycles. The van der Waals surface area contributed by atoms with Gasteiger partial charge in [0.2, 0.25) is 0 Å². The van der Waals surface area contributed by atoms with Crippen molar-refractivity contribution in [2.24, 2.45) is 0 Å². The van der Waals surface area contributed by atoms with Crippen molar-refractivity contribution in [2.45, 2.75) is 6.92 Å². The summed E-state index contributed by atoms with van der Waals surface area (Å²) in [5.74, 6) is -0.183. The number of anilines is 2. The van der Waals surface area contributed by atoms with E-state index in [1.165, 1.54) is 0 Å². The lowest BCUT2D eigenvalue weighted by Gasteiger charge is -2.37. The Morgan fingerprint density at radius 1 is 0.818 bits per heavy atom. The van der Waals surface area contributed by atoms with Gasteiger partial charge in [0.1, 0.15) is 0 Å². The topological polar surface area (TPSA) is 64.7 Å². The number of thiocarbonyl (C=S) groups is 1. The number of hydrogen-bond donors (Lipinski definition) is 2. The predicted octanol–water partition coefficient (Wildman–Crippen LogP) is 4.08. The summed E-state index contributed by atoms with van der Waals surface area (Å²) in [6.07, 6.45) is 0. The van der Waals surface area contributed by atoms with Gasteiger partial charge in [-0.15, -0.1) is 0 Å². The maximum Gasteiger partial charge on any atom is 0.257 e. The number of carbonyl (C=O) groups excluding carboxylic acids is 2. The van der Waals surface area contributed by atoms with Crippen LogP contribution in [-0.2, 0) is 0 Å². The SMILES string of the molecule is Cc1ccccc1C(=O)NC(=S)Nc1ccccc1N1CCN(C(=O)c2ccccc2)CC1. The van der Waals surface area contributed by atoms with Crippen LogP contribution in [-0.4, -0.2) is 48.0 Å². The Hall–Kier alpha value is -3.71. The molecule has 6 nitrogen and oxygen atoms in total. The molecule has 0 aliphatic carbocycles. The fourth-order valence-corrected chi connectivity index (χ4v) is 4.12. The molecule has 0 radical (unpaired) electrons. The summed E-state index contributed by atoms with van der Waals surface area (Å²) in [4.78, 5) is 29.4. The molecule has 1 heterocycles. The standard InChI is InChI=1S/C26H26N4O2S/c1-19-9-5-6-12-21(19)24(31)28-26(33)27-22-13-7-8-14-23(22)29-15-17-30(18-16-29)25(32)20-10-3-2-4-11-20/h2-14H,15-18H2,1H3,(H2,27,28,31,33). The largest absolute Gasteiger partial charge is 0.366 e. The van der Waals surface area contributed by atoms with Crippen LogP contribution in [0.15, 0.2) is 78.9 Å². The number of nitrogens with zero attached hydrogens (tertiary/aromatic N) is 2. The van der Waals surface area contributed by atoms with Gasteiger partial charge in [-0.2, -0.15) is 0 Å². The second kappa shape index (κ2) is 10.3. The van der Waals surface area contributed by atoms with Crippen molar-refractivity contribution >= 4 is 40.5 Å². The highest BCUT2D eigenvalue weighted by Gasteiger charge is 2.23. The molecule has 0 bridgehead atoms. The molecular weight excluding hydrogens is 432 g/mol. The quantitative estimate of drug-likeness (QED) is 0.577. The van der Waals surface area contributed by atoms with E-state index in [0.717, 1.165) is 16.9 Å². The predicted molar refractivity (Wildman–Crippen MR) is 136 cm³/mol. The van der Waals surface area contributed by atoms with E-state index in [0.29, 0.717) is 37.3 Å². The Bertz CT molecular complexity index is 1160. The van der Waals surface area contributed by atoms with Crippen LogP contribution < -0.4 is 15.5 Å². The fraction of sp³-hybridized carbons (Fsp3) is 0.192. The van der Waals surface area contributed by atoms with Crippen LogP contribution in [0.2, 0.25) is 0 Å². The molecule has 1 fully saturated rings. The van der Waals surface area contributed by atoms with Gasteiger partial charge in [0, 0.05) is 37.3 Å². The van der Waals surface area contributed by atoms with E-state index in [-0.39, 0.29) is 16.9 Å². The lowest BCUT2D eigenvalue weighted by atomic mass is 10.1. The average Bonchev–Trinajstić information content (AvgIpc) is 2.85. The summed E-state index contributed by atoms with van der Waals surface area (Å²) in [6, 6.07) is 24.6. The first-order chi connectivity index (χ1) is 16.0. The van der Waals surface area contributed by atoms with Crippen LogP contribution in [0.1, 0.15) is 26.3 Å². The number of hydrogen-bond acceptors (Lipinski definition) is 4. The number of piperazine rings is 1. The number of nitrogens with one attached hydrogen (secondary N) is 2. The van der Waals surface area contributed by atoms with E-state index >= 15 is 0 Å². The first kappa shape index (κ1) is 22.5. The highest BCUT2D eigenvalue weighted by atomic mass is 32.1. The van der Waals surface area contributed by atoms with Gasteiger partial charge in [0.25, 0.3) is 11.8 Å². The molecule has 1 aliphatic heterocycles. The zero-order valence-electron chi connectivity index (χ0n) is 18.5. The van der Waals surface area contributed by atoms with E-state index < -0.39 is 0 Å². The highest BCUT2D eigenvalue weighted by Crippen LogP contribution is 2.27. The Morgan fingerprint density at radius 2 is 1.45 bits per heavy atom. The molecule has 3 aromatic carbocycles. The maximum atomic E-state index is 12.7. The van der Waals surface area contributed by atoms with Crippen LogP contribution in [0.25, 0.3) is 0 Å². The summed E-state index contributed by atoms with van der Waals surface area (Å²) in [6.45, 7) is 4.58. The third-order valence-electron chi connectivity index (χ3n) is 5.70. The number of para-hydroxylation sites is 2. The minimum atomic E-state index is -0.240. The van der Waals surface area contributed by atoms with Crippen molar-refractivity contribution < 1.29 is 9.59 Å². The lowest BCUT2D eigenvalue weighted by molar-refractivity contribution is 0.0746. The summed E-state index contributed by atoms with van der Waals surface area (Å²) in [5, 5.41) is 6.17. The second-order valence-corrected chi connectivity index (χ2v) is 8.29. The van der Waals surface area contributed by atoms with Crippen LogP contribution >= 0.6 is 12.2 Å². The van der Waals surface area contributed by atoms with E-state index in [1.54, 1.807) is 6.07 Å². The number of carbonyl (C=O) groups is 2. The molecule has 33 heavy (non-hydrogen) atoms. The molecule has 168 valence electrons. The Balaban J connectivity index is 1.39. The smallest absolute Gasteiger partial charge is 0.257 e. The van der Waals surface area contributed by atoms with Gasteiger partial charge in [-0.3, -0.25) is 14.9 Å². The molecule has 7 heteroatoms. The number of rotatable bonds is 4. The van der Waals surface area contributed by atoms with Gasteiger partial charge >= 0.3 is 0 Å². The molecule has 3 aromatic rings. The third kappa shape index (κ3) is 5.38. The van der Waals surface area contributed by atoms with Crippen molar-refractivity contribution in [1.82, 2.24) is 10.2 Å². The summed E-state index contributed by atoms with van der Waals surface area (Å²) >= 11 is 5.41. The van der Waals surface area contributed by atoms with Crippen molar-refractivity contribution in [3.63, 3.8) is 0 Å². The first-order valence-corrected chi connectivity index (χ1v) is 11.3. The van der Waals surface area contributed by atoms with E-state index in [4.69, 9.17) is 12.2 Å². The summed E-state index contributed by atoms with van der Waals surface area (Å²) < 4.78 is 0. The van der Waals surface area contributed by atoms with Crippen LogP contribution in [0.4, 0.5) is 11.4 Å². The van der Waals surface area contributed by atoms with Crippen molar-refractivity contribution in [3.05, 3.63) is 95.6 Å². The molecule has 0 unspecified atom stereocenters. The molecular formula is C26H26N4O2S. The molecule has 0 saturated carbocycles. The third-order valence-corrected chi connectivity index (χ3v) is 5.90. The lowest BCUT2D eigenvalue weighted by Crippen LogP contribution is -2.49. The minimum absolute atomic E-state index is 0.0572. The van der Waals surface area contributed by atoms with Gasteiger partial charge in [-0.1, -0.05) is 48.5 Å². The van der Waals surface area contributed by atoms with Gasteiger partial charge < -0.3 is 15.1 Å². The van der Waals surface area contributed by atoms with E-state index in [2.05, 4.69) is 15.5 Å². The van der Waals surface area contributed by atoms with E-state index in [9.17, 15) is 9.59 Å². The molecule has 1 saturated heterocycles. The Morgan fingerprint density at radius 3 is 2.18 bits per heavy atom. The normalized spacial score (nSPS) is 13.4. The zero-order chi connectivity index (χ0) is 23.2. The highest BCUT2D eigenvalue weighted by molar-refractivity contribution is 7.80. The van der Waals surface area contributed by atoms with Crippen LogP contribution in [0.3, 0.4) is 0 Å². The summed E-state index contributed by atoms with van der Waals surface area (Å²) in [7, 11) is 0. The van der Waals surface area contributed by atoms with Gasteiger partial charge in [0.15, 0.2) is 5.11 Å². The van der Waals surface area contributed by atoms with Gasteiger partial charge in [-0.05, 0) is 55.0 Å². The molecule has 2 N–H and O–H groups in total. The monoisotopic (exact) mass is 458 g/mol. The number of benzene rings is 3. The van der Waals surface area contributed by atoms with Crippen molar-refractivity contribution in [1.29, 1.82) is 0 Å². The number of amides is 2. The maximum absolute atomic E-state index is 12.7. The van der Waals surface area contributed by atoms with E-state index in [1.807, 2.05) is 84.6 Å². The van der Waals surface area contributed by atoms with Gasteiger partial charge in [-0.25, -0.2) is 0 Å². The first-order valence-electron chi connectivity index (χ1n) is 10.9. The summed E-state index contributed by atoms with van der Waals surface area (Å²) in [5.41, 5.74) is 3.99. The molecule has 2 amide bonds. The molecule has 1 aliphatic rings. The zero-order valence-corrected chi connectivity index (χ0v) is 19.3. The molecule has 0 atom stereocenters. The number of aryl methyl sites for hydroxylation is 1. The van der Waals surface area contributed by atoms with Crippen LogP contribution in [0.5, 0.6) is 0 Å². The fourth-order valence-electron chi connectivity index (χ4n) is 3.92. The Kier molecular flexibility index (Phi) is 7.00. The minimum Gasteiger partial charge on any atom is -0.366 e. The van der Waals surface area contributed by atoms with Gasteiger partial charge in [0.05, 0.1) is 11.4 Å². The Labute approximate surface area is 199 Å².